The standard InChI is InChI=1S/C12H17IN2O.ClH/c1-8(7-14)15(3)12(16)10-5-4-6-11(13)9(10)2;/h4-6,8H,7,14H2,1-3H3;1H. The molecule has 96 valence electrons. The summed E-state index contributed by atoms with van der Waals surface area (Å²) in [7, 11) is 1.79. The molecule has 0 radical (unpaired) electrons. The highest BCUT2D eigenvalue weighted by Crippen LogP contribution is 2.17. The fourth-order valence-corrected chi connectivity index (χ4v) is 1.89. The predicted octanol–water partition coefficient (Wildman–Crippen LogP) is 2.44. The van der Waals surface area contributed by atoms with Gasteiger partial charge in [0.05, 0.1) is 0 Å². The summed E-state index contributed by atoms with van der Waals surface area (Å²) in [6.07, 6.45) is 0. The highest BCUT2D eigenvalue weighted by Gasteiger charge is 2.18. The minimum Gasteiger partial charge on any atom is -0.338 e. The molecule has 1 unspecified atom stereocenters. The molecule has 17 heavy (non-hydrogen) atoms. The van der Waals surface area contributed by atoms with Gasteiger partial charge in [-0.05, 0) is 54.1 Å². The van der Waals surface area contributed by atoms with E-state index in [-0.39, 0.29) is 24.4 Å². The number of nitrogens with two attached hydrogens (primary N) is 1. The Balaban J connectivity index is 0.00000256. The third-order valence-electron chi connectivity index (χ3n) is 2.82. The predicted molar refractivity (Wildman–Crippen MR) is 81.8 cm³/mol. The number of carbonyl (C=O) groups is 1. The summed E-state index contributed by atoms with van der Waals surface area (Å²) in [5, 5.41) is 0. The van der Waals surface area contributed by atoms with Crippen LogP contribution in [0.25, 0.3) is 0 Å². The van der Waals surface area contributed by atoms with Crippen LogP contribution in [0.15, 0.2) is 18.2 Å². The summed E-state index contributed by atoms with van der Waals surface area (Å²) in [6.45, 7) is 4.39. The van der Waals surface area contributed by atoms with Crippen LogP contribution in [-0.2, 0) is 0 Å². The second kappa shape index (κ2) is 7.18. The average Bonchev–Trinajstić information content (AvgIpc) is 2.29. The Morgan fingerprint density at radius 3 is 2.65 bits per heavy atom. The van der Waals surface area contributed by atoms with Crippen molar-refractivity contribution in [1.82, 2.24) is 4.90 Å². The molecule has 5 heteroatoms. The molecule has 1 aromatic carbocycles. The molecule has 3 nitrogen and oxygen atoms in total. The lowest BCUT2D eigenvalue weighted by molar-refractivity contribution is 0.0747. The van der Waals surface area contributed by atoms with Crippen LogP contribution in [0.1, 0.15) is 22.8 Å². The fraction of sp³-hybridized carbons (Fsp3) is 0.417. The molecule has 0 aliphatic rings. The molecular formula is C12H18ClIN2O. The van der Waals surface area contributed by atoms with E-state index in [9.17, 15) is 4.79 Å². The van der Waals surface area contributed by atoms with E-state index in [0.29, 0.717) is 6.54 Å². The lowest BCUT2D eigenvalue weighted by atomic mass is 10.1. The number of likely N-dealkylation sites (N-methyl/N-ethyl adjacent to an activating group) is 1. The number of nitrogens with zero attached hydrogens (tertiary/aromatic N) is 1. The minimum atomic E-state index is 0. The highest BCUT2D eigenvalue weighted by molar-refractivity contribution is 14.1. The molecule has 2 N–H and O–H groups in total. The number of halogens is 2. The summed E-state index contributed by atoms with van der Waals surface area (Å²) in [5.74, 6) is 0.0361. The Bertz CT molecular complexity index is 398. The van der Waals surface area contributed by atoms with E-state index in [0.717, 1.165) is 14.7 Å². The lowest BCUT2D eigenvalue weighted by Crippen LogP contribution is -2.40. The molecular weight excluding hydrogens is 351 g/mol. The van der Waals surface area contributed by atoms with Crippen molar-refractivity contribution in [2.45, 2.75) is 19.9 Å². The topological polar surface area (TPSA) is 46.3 Å². The summed E-state index contributed by atoms with van der Waals surface area (Å²) in [6, 6.07) is 5.83. The average molecular weight is 369 g/mol. The van der Waals surface area contributed by atoms with Crippen LogP contribution in [0.4, 0.5) is 0 Å². The van der Waals surface area contributed by atoms with Crippen molar-refractivity contribution in [3.05, 3.63) is 32.9 Å². The summed E-state index contributed by atoms with van der Waals surface area (Å²) in [5.41, 5.74) is 7.35. The van der Waals surface area contributed by atoms with Gasteiger partial charge in [-0.1, -0.05) is 6.07 Å². The zero-order valence-electron chi connectivity index (χ0n) is 10.2. The third kappa shape index (κ3) is 3.82. The second-order valence-corrected chi connectivity index (χ2v) is 5.08. The number of benzene rings is 1. The number of carbonyl (C=O) groups excluding carboxylic acids is 1. The van der Waals surface area contributed by atoms with Crippen molar-refractivity contribution in [2.75, 3.05) is 13.6 Å². The summed E-state index contributed by atoms with van der Waals surface area (Å²) < 4.78 is 1.11. The van der Waals surface area contributed by atoms with E-state index < -0.39 is 0 Å². The zero-order valence-corrected chi connectivity index (χ0v) is 13.2. The van der Waals surface area contributed by atoms with Crippen molar-refractivity contribution < 1.29 is 4.79 Å². The number of rotatable bonds is 3. The first-order valence-electron chi connectivity index (χ1n) is 5.21. The van der Waals surface area contributed by atoms with Crippen LogP contribution in [0, 0.1) is 10.5 Å². The first kappa shape index (κ1) is 16.7. The number of hydrogen-bond donors (Lipinski definition) is 1. The van der Waals surface area contributed by atoms with Gasteiger partial charge in [-0.2, -0.15) is 0 Å². The van der Waals surface area contributed by atoms with Crippen LogP contribution < -0.4 is 5.73 Å². The van der Waals surface area contributed by atoms with Crippen LogP contribution in [-0.4, -0.2) is 30.4 Å². The molecule has 0 aliphatic heterocycles. The van der Waals surface area contributed by atoms with E-state index in [4.69, 9.17) is 5.73 Å². The first-order chi connectivity index (χ1) is 7.49. The van der Waals surface area contributed by atoms with E-state index in [2.05, 4.69) is 22.6 Å². The molecule has 0 fully saturated rings. The molecule has 0 heterocycles. The molecule has 0 saturated heterocycles. The quantitative estimate of drug-likeness (QED) is 0.833. The van der Waals surface area contributed by atoms with Crippen molar-refractivity contribution in [1.29, 1.82) is 0 Å². The second-order valence-electron chi connectivity index (χ2n) is 3.91. The van der Waals surface area contributed by atoms with Gasteiger partial charge in [0.2, 0.25) is 0 Å². The van der Waals surface area contributed by atoms with Crippen molar-refractivity contribution in [2.24, 2.45) is 5.73 Å². The van der Waals surface area contributed by atoms with Gasteiger partial charge in [-0.15, -0.1) is 12.4 Å². The molecule has 0 spiro atoms. The Morgan fingerprint density at radius 2 is 2.12 bits per heavy atom. The Labute approximate surface area is 122 Å². The molecule has 0 aromatic heterocycles. The monoisotopic (exact) mass is 368 g/mol. The summed E-state index contributed by atoms with van der Waals surface area (Å²) in [4.78, 5) is 13.9. The summed E-state index contributed by atoms with van der Waals surface area (Å²) >= 11 is 2.24. The largest absolute Gasteiger partial charge is 0.338 e. The Hall–Kier alpha value is -0.330. The number of amides is 1. The van der Waals surface area contributed by atoms with Gasteiger partial charge in [-0.25, -0.2) is 0 Å². The van der Waals surface area contributed by atoms with E-state index >= 15 is 0 Å². The molecule has 0 saturated carbocycles. The SMILES string of the molecule is Cc1c(I)cccc1C(=O)N(C)C(C)CN.Cl. The minimum absolute atomic E-state index is 0. The van der Waals surface area contributed by atoms with Gasteiger partial charge in [0.15, 0.2) is 0 Å². The fourth-order valence-electron chi connectivity index (χ4n) is 1.39. The Kier molecular flexibility index (Phi) is 7.04. The van der Waals surface area contributed by atoms with Crippen LogP contribution in [0.2, 0.25) is 0 Å². The van der Waals surface area contributed by atoms with Crippen LogP contribution in [0.5, 0.6) is 0 Å². The lowest BCUT2D eigenvalue weighted by Gasteiger charge is -2.24. The molecule has 0 aliphatic carbocycles. The van der Waals surface area contributed by atoms with Crippen LogP contribution in [0.3, 0.4) is 0 Å². The van der Waals surface area contributed by atoms with Crippen molar-refractivity contribution in [3.8, 4) is 0 Å². The van der Waals surface area contributed by atoms with E-state index in [1.165, 1.54) is 0 Å². The maximum Gasteiger partial charge on any atom is 0.254 e. The maximum atomic E-state index is 12.2. The van der Waals surface area contributed by atoms with E-state index in [1.807, 2.05) is 32.0 Å². The molecule has 1 atom stereocenters. The van der Waals surface area contributed by atoms with Gasteiger partial charge in [-0.3, -0.25) is 4.79 Å². The van der Waals surface area contributed by atoms with Gasteiger partial charge in [0.1, 0.15) is 0 Å². The normalized spacial score (nSPS) is 11.6. The van der Waals surface area contributed by atoms with Crippen molar-refractivity contribution >= 4 is 40.9 Å². The molecule has 1 aromatic rings. The van der Waals surface area contributed by atoms with Gasteiger partial charge >= 0.3 is 0 Å². The van der Waals surface area contributed by atoms with Gasteiger partial charge < -0.3 is 10.6 Å². The molecule has 1 rings (SSSR count). The van der Waals surface area contributed by atoms with Gasteiger partial charge in [0.25, 0.3) is 5.91 Å². The zero-order chi connectivity index (χ0) is 12.3. The highest BCUT2D eigenvalue weighted by atomic mass is 127. The van der Waals surface area contributed by atoms with Crippen LogP contribution >= 0.6 is 35.0 Å². The van der Waals surface area contributed by atoms with Crippen molar-refractivity contribution in [3.63, 3.8) is 0 Å². The number of hydrogen-bond acceptors (Lipinski definition) is 2. The first-order valence-corrected chi connectivity index (χ1v) is 6.29. The third-order valence-corrected chi connectivity index (χ3v) is 3.99. The molecule has 0 bridgehead atoms. The smallest absolute Gasteiger partial charge is 0.254 e. The Morgan fingerprint density at radius 1 is 1.53 bits per heavy atom. The maximum absolute atomic E-state index is 12.2. The van der Waals surface area contributed by atoms with E-state index in [1.54, 1.807) is 11.9 Å². The molecule has 1 amide bonds. The van der Waals surface area contributed by atoms with Gasteiger partial charge in [0, 0.05) is 28.8 Å².